The molecule has 214 valence electrons. The number of halogens is 4. The van der Waals surface area contributed by atoms with Crippen molar-refractivity contribution in [3.05, 3.63) is 88.0 Å². The molecule has 4 aromatic rings. The summed E-state index contributed by atoms with van der Waals surface area (Å²) >= 11 is 6.48. The van der Waals surface area contributed by atoms with E-state index in [2.05, 4.69) is 32.2 Å². The van der Waals surface area contributed by atoms with E-state index >= 15 is 4.39 Å². The van der Waals surface area contributed by atoms with Crippen LogP contribution in [-0.4, -0.2) is 70.1 Å². The summed E-state index contributed by atoms with van der Waals surface area (Å²) in [7, 11) is 2.06. The number of amides is 1. The Hall–Kier alpha value is -3.67. The van der Waals surface area contributed by atoms with Gasteiger partial charge in [-0.15, -0.1) is 0 Å². The maximum absolute atomic E-state index is 15.1. The molecule has 1 atom stereocenters. The molecule has 12 heteroatoms. The van der Waals surface area contributed by atoms with Crippen LogP contribution in [0.5, 0.6) is 0 Å². The van der Waals surface area contributed by atoms with Gasteiger partial charge in [0.25, 0.3) is 5.91 Å². The fraction of sp³-hybridized carbons (Fsp3) is 0.345. The third-order valence-electron chi connectivity index (χ3n) is 7.84. The molecule has 0 bridgehead atoms. The van der Waals surface area contributed by atoms with Gasteiger partial charge in [0.1, 0.15) is 29.0 Å². The van der Waals surface area contributed by atoms with Gasteiger partial charge in [-0.25, -0.2) is 22.7 Å². The number of piperazine rings is 1. The predicted octanol–water partition coefficient (Wildman–Crippen LogP) is 5.14. The largest absolute Gasteiger partial charge is 0.349 e. The molecular weight excluding hydrogens is 555 g/mol. The molecule has 41 heavy (non-hydrogen) atoms. The lowest BCUT2D eigenvalue weighted by Crippen LogP contribution is -2.43. The lowest BCUT2D eigenvalue weighted by molar-refractivity contribution is 0.102. The van der Waals surface area contributed by atoms with Gasteiger partial charge in [-0.05, 0) is 61.9 Å². The van der Waals surface area contributed by atoms with Gasteiger partial charge in [0.05, 0.1) is 17.8 Å². The maximum Gasteiger partial charge on any atom is 0.258 e. The average molecular weight is 584 g/mol. The van der Waals surface area contributed by atoms with Crippen LogP contribution < -0.4 is 10.2 Å². The summed E-state index contributed by atoms with van der Waals surface area (Å²) in [5.74, 6) is -1.80. The molecule has 1 unspecified atom stereocenters. The molecule has 2 saturated heterocycles. The van der Waals surface area contributed by atoms with Gasteiger partial charge < -0.3 is 15.1 Å². The number of anilines is 2. The number of hydrogen-bond donors (Lipinski definition) is 1. The first-order valence-corrected chi connectivity index (χ1v) is 13.9. The number of hydrogen-bond acceptors (Lipinski definition) is 6. The second kappa shape index (κ2) is 11.3. The number of carbonyl (C=O) groups excluding carboxylic acids is 1. The third kappa shape index (κ3) is 5.61. The second-order valence-corrected chi connectivity index (χ2v) is 11.0. The third-order valence-corrected chi connectivity index (χ3v) is 8.19. The van der Waals surface area contributed by atoms with Crippen molar-refractivity contribution in [1.82, 2.24) is 24.4 Å². The quantitative estimate of drug-likeness (QED) is 0.339. The standard InChI is InChI=1S/C29H29ClF3N7O/c1-37-9-11-38(12-10-37)17-18-13-24(33)21(15-22(18)30)29(41)35-25-16-34-40-8-6-27(36-28(25)40)39-7-2-3-26(39)20-14-19(31)4-5-23(20)32/h4-6,8,13-16,26H,2-3,7,9-12,17H2,1H3,(H,35,41). The van der Waals surface area contributed by atoms with Gasteiger partial charge in [-0.1, -0.05) is 11.6 Å². The predicted molar refractivity (Wildman–Crippen MR) is 151 cm³/mol. The zero-order valence-electron chi connectivity index (χ0n) is 22.5. The number of fused-ring (bicyclic) bond motifs is 1. The Morgan fingerprint density at radius 2 is 1.85 bits per heavy atom. The maximum atomic E-state index is 15.1. The number of nitrogens with one attached hydrogen (secondary N) is 1. The Labute approximate surface area is 240 Å². The summed E-state index contributed by atoms with van der Waals surface area (Å²) in [5, 5.41) is 7.27. The number of likely N-dealkylation sites (N-methyl/N-ethyl adjacent to an activating group) is 1. The smallest absolute Gasteiger partial charge is 0.258 e. The van der Waals surface area contributed by atoms with Gasteiger partial charge >= 0.3 is 0 Å². The first kappa shape index (κ1) is 27.5. The minimum Gasteiger partial charge on any atom is -0.349 e. The molecule has 2 aromatic heterocycles. The molecule has 6 rings (SSSR count). The molecule has 0 aliphatic carbocycles. The summed E-state index contributed by atoms with van der Waals surface area (Å²) in [6, 6.07) is 7.47. The van der Waals surface area contributed by atoms with Gasteiger partial charge in [0.15, 0.2) is 5.65 Å². The summed E-state index contributed by atoms with van der Waals surface area (Å²) in [6.45, 7) is 4.67. The van der Waals surface area contributed by atoms with E-state index in [-0.39, 0.29) is 22.9 Å². The van der Waals surface area contributed by atoms with Crippen LogP contribution in [0, 0.1) is 17.5 Å². The molecule has 2 aromatic carbocycles. The normalized spacial score (nSPS) is 18.4. The Morgan fingerprint density at radius 1 is 1.05 bits per heavy atom. The van der Waals surface area contributed by atoms with Crippen molar-refractivity contribution >= 4 is 34.7 Å². The molecule has 0 spiro atoms. The van der Waals surface area contributed by atoms with Crippen molar-refractivity contribution in [2.45, 2.75) is 25.4 Å². The van der Waals surface area contributed by atoms with E-state index in [1.165, 1.54) is 28.9 Å². The number of nitrogens with zero attached hydrogens (tertiary/aromatic N) is 6. The molecule has 4 heterocycles. The zero-order chi connectivity index (χ0) is 28.7. The van der Waals surface area contributed by atoms with E-state index in [0.29, 0.717) is 41.6 Å². The zero-order valence-corrected chi connectivity index (χ0v) is 23.2. The van der Waals surface area contributed by atoms with Crippen LogP contribution in [0.2, 0.25) is 5.02 Å². The number of aromatic nitrogens is 3. The lowest BCUT2D eigenvalue weighted by Gasteiger charge is -2.32. The SMILES string of the molecule is CN1CCN(Cc2cc(F)c(C(=O)Nc3cnn4ccc(N5CCCC5c5cc(F)ccc5F)nc34)cc2Cl)CC1. The van der Waals surface area contributed by atoms with Crippen molar-refractivity contribution < 1.29 is 18.0 Å². The van der Waals surface area contributed by atoms with Crippen LogP contribution in [0.1, 0.15) is 40.4 Å². The van der Waals surface area contributed by atoms with Gasteiger partial charge in [0.2, 0.25) is 0 Å². The Bertz CT molecular complexity index is 1610. The summed E-state index contributed by atoms with van der Waals surface area (Å²) in [6.07, 6.45) is 4.52. The van der Waals surface area contributed by atoms with Gasteiger partial charge in [-0.2, -0.15) is 5.10 Å². The Balaban J connectivity index is 1.22. The minimum atomic E-state index is -0.682. The molecule has 1 N–H and O–H groups in total. The molecule has 1 amide bonds. The van der Waals surface area contributed by atoms with Gasteiger partial charge in [0, 0.05) is 56.1 Å². The summed E-state index contributed by atoms with van der Waals surface area (Å²) in [4.78, 5) is 24.2. The highest BCUT2D eigenvalue weighted by Crippen LogP contribution is 2.37. The number of rotatable bonds is 6. The fourth-order valence-corrected chi connectivity index (χ4v) is 5.78. The number of carbonyl (C=O) groups is 1. The summed E-state index contributed by atoms with van der Waals surface area (Å²) in [5.41, 5.74) is 1.33. The molecule has 8 nitrogen and oxygen atoms in total. The highest BCUT2D eigenvalue weighted by Gasteiger charge is 2.30. The number of benzene rings is 2. The van der Waals surface area contributed by atoms with E-state index in [9.17, 15) is 13.6 Å². The van der Waals surface area contributed by atoms with E-state index in [0.717, 1.165) is 44.7 Å². The van der Waals surface area contributed by atoms with Crippen molar-refractivity contribution in [1.29, 1.82) is 0 Å². The first-order valence-electron chi connectivity index (χ1n) is 13.5. The molecular formula is C29H29ClF3N7O. The van der Waals surface area contributed by atoms with Crippen molar-refractivity contribution in [2.75, 3.05) is 50.0 Å². The van der Waals surface area contributed by atoms with E-state index in [1.807, 2.05) is 4.90 Å². The van der Waals surface area contributed by atoms with Crippen LogP contribution in [0.4, 0.5) is 24.7 Å². The summed E-state index contributed by atoms with van der Waals surface area (Å²) < 4.78 is 45.1. The van der Waals surface area contributed by atoms with E-state index < -0.39 is 23.4 Å². The van der Waals surface area contributed by atoms with E-state index in [1.54, 1.807) is 12.3 Å². The monoisotopic (exact) mass is 583 g/mol. The van der Waals surface area contributed by atoms with Crippen molar-refractivity contribution in [2.24, 2.45) is 0 Å². The highest BCUT2D eigenvalue weighted by molar-refractivity contribution is 6.31. The van der Waals surface area contributed by atoms with Crippen LogP contribution in [0.3, 0.4) is 0 Å². The Kier molecular flexibility index (Phi) is 7.58. The van der Waals surface area contributed by atoms with Crippen LogP contribution in [0.25, 0.3) is 5.65 Å². The molecule has 2 aliphatic rings. The first-order chi connectivity index (χ1) is 19.8. The fourth-order valence-electron chi connectivity index (χ4n) is 5.56. The molecule has 2 aliphatic heterocycles. The Morgan fingerprint density at radius 3 is 2.66 bits per heavy atom. The van der Waals surface area contributed by atoms with Crippen molar-refractivity contribution in [3.8, 4) is 0 Å². The van der Waals surface area contributed by atoms with E-state index in [4.69, 9.17) is 11.6 Å². The highest BCUT2D eigenvalue weighted by atomic mass is 35.5. The molecule has 2 fully saturated rings. The van der Waals surface area contributed by atoms with Gasteiger partial charge in [-0.3, -0.25) is 9.69 Å². The lowest BCUT2D eigenvalue weighted by atomic mass is 10.0. The second-order valence-electron chi connectivity index (χ2n) is 10.6. The van der Waals surface area contributed by atoms with Crippen molar-refractivity contribution in [3.63, 3.8) is 0 Å². The van der Waals surface area contributed by atoms with Crippen LogP contribution in [0.15, 0.2) is 48.8 Å². The average Bonchev–Trinajstić information content (AvgIpc) is 3.60. The minimum absolute atomic E-state index is 0.186. The molecule has 0 saturated carbocycles. The molecule has 0 radical (unpaired) electrons. The topological polar surface area (TPSA) is 69.0 Å². The van der Waals surface area contributed by atoms with Crippen LogP contribution >= 0.6 is 11.6 Å². The van der Waals surface area contributed by atoms with Crippen LogP contribution in [-0.2, 0) is 6.54 Å².